The Hall–Kier alpha value is -2.40. The number of carbonyl (C=O) groups excluding carboxylic acids is 1. The lowest BCUT2D eigenvalue weighted by atomic mass is 10.0. The molecule has 0 saturated carbocycles. The van der Waals surface area contributed by atoms with Crippen LogP contribution in [0.15, 0.2) is 48.7 Å². The normalized spacial score (nSPS) is 14.3. The molecule has 1 aliphatic heterocycles. The molecular weight excluding hydrogens is 266 g/mol. The fraction of sp³-hybridized carbons (Fsp3) is 0.250. The second-order valence-corrected chi connectivity index (χ2v) is 4.99. The van der Waals surface area contributed by atoms with Gasteiger partial charge >= 0.3 is 0 Å². The largest absolute Gasteiger partial charge is 0.439 e. The Morgan fingerprint density at radius 1 is 1.24 bits per heavy atom. The number of rotatable bonds is 5. The third kappa shape index (κ3) is 3.58. The molecule has 1 fully saturated rings. The molecule has 5 nitrogen and oxygen atoms in total. The highest BCUT2D eigenvalue weighted by Gasteiger charge is 2.24. The van der Waals surface area contributed by atoms with Crippen molar-refractivity contribution in [3.05, 3.63) is 54.2 Å². The number of nitrogens with zero attached hydrogens (tertiary/aromatic N) is 1. The number of hydrogen-bond acceptors (Lipinski definition) is 4. The van der Waals surface area contributed by atoms with E-state index >= 15 is 0 Å². The van der Waals surface area contributed by atoms with E-state index in [9.17, 15) is 4.79 Å². The number of ether oxygens (including phenoxy) is 1. The van der Waals surface area contributed by atoms with Crippen molar-refractivity contribution in [1.29, 1.82) is 0 Å². The van der Waals surface area contributed by atoms with Gasteiger partial charge in [-0.3, -0.25) is 4.79 Å². The number of aromatic nitrogens is 1. The fourth-order valence-corrected chi connectivity index (χ4v) is 1.99. The molecule has 21 heavy (non-hydrogen) atoms. The first-order valence-electron chi connectivity index (χ1n) is 6.97. The van der Waals surface area contributed by atoms with Gasteiger partial charge in [0, 0.05) is 31.9 Å². The van der Waals surface area contributed by atoms with E-state index in [4.69, 9.17) is 4.74 Å². The zero-order chi connectivity index (χ0) is 14.5. The second-order valence-electron chi connectivity index (χ2n) is 4.99. The predicted octanol–water partition coefficient (Wildman–Crippen LogP) is 1.71. The van der Waals surface area contributed by atoms with Crippen LogP contribution in [0.3, 0.4) is 0 Å². The molecule has 0 aliphatic carbocycles. The van der Waals surface area contributed by atoms with Gasteiger partial charge in [-0.1, -0.05) is 24.3 Å². The molecule has 108 valence electrons. The molecule has 0 bridgehead atoms. The van der Waals surface area contributed by atoms with Crippen LogP contribution in [0, 0.1) is 5.92 Å². The monoisotopic (exact) mass is 283 g/mol. The summed E-state index contributed by atoms with van der Waals surface area (Å²) < 4.78 is 5.62. The first-order valence-corrected chi connectivity index (χ1v) is 6.97. The lowest BCUT2D eigenvalue weighted by Gasteiger charge is -2.25. The first kappa shape index (κ1) is 13.6. The molecule has 2 N–H and O–H groups in total. The summed E-state index contributed by atoms with van der Waals surface area (Å²) in [6.07, 6.45) is 1.72. The lowest BCUT2D eigenvalue weighted by molar-refractivity contribution is -0.126. The van der Waals surface area contributed by atoms with Gasteiger partial charge in [-0.15, -0.1) is 0 Å². The summed E-state index contributed by atoms with van der Waals surface area (Å²) in [5.41, 5.74) is 0.955. The zero-order valence-electron chi connectivity index (χ0n) is 11.6. The maximum atomic E-state index is 11.7. The Labute approximate surface area is 123 Å². The van der Waals surface area contributed by atoms with Crippen LogP contribution in [0.1, 0.15) is 5.56 Å². The summed E-state index contributed by atoms with van der Waals surface area (Å²) in [5, 5.41) is 5.99. The van der Waals surface area contributed by atoms with E-state index in [-0.39, 0.29) is 11.8 Å². The highest BCUT2D eigenvalue weighted by atomic mass is 16.5. The number of hydrogen-bond donors (Lipinski definition) is 2. The number of carbonyl (C=O) groups is 1. The fourth-order valence-electron chi connectivity index (χ4n) is 1.99. The molecule has 0 spiro atoms. The van der Waals surface area contributed by atoms with Crippen molar-refractivity contribution in [1.82, 2.24) is 15.6 Å². The summed E-state index contributed by atoms with van der Waals surface area (Å²) in [6.45, 7) is 2.04. The average Bonchev–Trinajstić information content (AvgIpc) is 2.46. The summed E-state index contributed by atoms with van der Waals surface area (Å²) in [7, 11) is 0. The molecule has 0 radical (unpaired) electrons. The van der Waals surface area contributed by atoms with Crippen molar-refractivity contribution >= 4 is 5.91 Å². The predicted molar refractivity (Wildman–Crippen MR) is 79.0 cm³/mol. The summed E-state index contributed by atoms with van der Waals surface area (Å²) >= 11 is 0. The number of nitrogens with one attached hydrogen (secondary N) is 2. The summed E-state index contributed by atoms with van der Waals surface area (Å²) in [6, 6.07) is 13.2. The minimum atomic E-state index is 0.0957. The summed E-state index contributed by atoms with van der Waals surface area (Å²) in [4.78, 5) is 16.0. The minimum absolute atomic E-state index is 0.0957. The molecule has 1 aromatic heterocycles. The Kier molecular flexibility index (Phi) is 4.12. The first-order chi connectivity index (χ1) is 10.3. The third-order valence-electron chi connectivity index (χ3n) is 3.38. The zero-order valence-corrected chi connectivity index (χ0v) is 11.6. The molecule has 1 amide bonds. The van der Waals surface area contributed by atoms with Gasteiger partial charge in [0.15, 0.2) is 0 Å². The molecular formula is C16H17N3O2. The molecule has 3 rings (SSSR count). The SMILES string of the molecule is O=C(NCc1ccc(Oc2ccccc2)nc1)C1CNC1. The van der Waals surface area contributed by atoms with E-state index in [2.05, 4.69) is 15.6 Å². The summed E-state index contributed by atoms with van der Waals surface area (Å²) in [5.74, 6) is 1.50. The van der Waals surface area contributed by atoms with E-state index in [1.807, 2.05) is 36.4 Å². The average molecular weight is 283 g/mol. The Bertz CT molecular complexity index is 595. The molecule has 1 saturated heterocycles. The van der Waals surface area contributed by atoms with Crippen molar-refractivity contribution in [3.63, 3.8) is 0 Å². The van der Waals surface area contributed by atoms with E-state index in [0.29, 0.717) is 12.4 Å². The van der Waals surface area contributed by atoms with Gasteiger partial charge < -0.3 is 15.4 Å². The topological polar surface area (TPSA) is 63.2 Å². The Morgan fingerprint density at radius 2 is 2.05 bits per heavy atom. The van der Waals surface area contributed by atoms with Crippen molar-refractivity contribution in [2.75, 3.05) is 13.1 Å². The van der Waals surface area contributed by atoms with Gasteiger partial charge in [-0.25, -0.2) is 4.98 Å². The van der Waals surface area contributed by atoms with Crippen LogP contribution in [0.5, 0.6) is 11.6 Å². The van der Waals surface area contributed by atoms with E-state index in [1.54, 1.807) is 12.3 Å². The van der Waals surface area contributed by atoms with Gasteiger partial charge in [0.25, 0.3) is 0 Å². The third-order valence-corrected chi connectivity index (χ3v) is 3.38. The van der Waals surface area contributed by atoms with Crippen LogP contribution >= 0.6 is 0 Å². The number of pyridine rings is 1. The number of para-hydroxylation sites is 1. The maximum absolute atomic E-state index is 11.7. The smallest absolute Gasteiger partial charge is 0.225 e. The highest BCUT2D eigenvalue weighted by molar-refractivity contribution is 5.79. The van der Waals surface area contributed by atoms with Crippen LogP contribution in [0.25, 0.3) is 0 Å². The number of amides is 1. The van der Waals surface area contributed by atoms with Crippen molar-refractivity contribution in [2.24, 2.45) is 5.92 Å². The molecule has 1 aliphatic rings. The molecule has 2 aromatic rings. The van der Waals surface area contributed by atoms with Crippen LogP contribution in [0.2, 0.25) is 0 Å². The lowest BCUT2D eigenvalue weighted by Crippen LogP contribution is -2.50. The van der Waals surface area contributed by atoms with Crippen molar-refractivity contribution in [3.8, 4) is 11.6 Å². The van der Waals surface area contributed by atoms with E-state index in [0.717, 1.165) is 24.4 Å². The van der Waals surface area contributed by atoms with Crippen LogP contribution in [-0.2, 0) is 11.3 Å². The van der Waals surface area contributed by atoms with Gasteiger partial charge in [-0.2, -0.15) is 0 Å². The minimum Gasteiger partial charge on any atom is -0.439 e. The van der Waals surface area contributed by atoms with Gasteiger partial charge in [0.1, 0.15) is 5.75 Å². The maximum Gasteiger partial charge on any atom is 0.225 e. The molecule has 2 heterocycles. The number of benzene rings is 1. The second kappa shape index (κ2) is 6.37. The quantitative estimate of drug-likeness (QED) is 0.877. The standard InChI is InChI=1S/C16H17N3O2/c20-16(13-10-17-11-13)19-9-12-6-7-15(18-8-12)21-14-4-2-1-3-5-14/h1-8,13,17H,9-11H2,(H,19,20). The molecule has 0 atom stereocenters. The highest BCUT2D eigenvalue weighted by Crippen LogP contribution is 2.18. The Balaban J connectivity index is 1.53. The molecule has 0 unspecified atom stereocenters. The van der Waals surface area contributed by atoms with Gasteiger partial charge in [-0.05, 0) is 17.7 Å². The van der Waals surface area contributed by atoms with E-state index < -0.39 is 0 Å². The van der Waals surface area contributed by atoms with Gasteiger partial charge in [0.2, 0.25) is 11.8 Å². The molecule has 5 heteroatoms. The van der Waals surface area contributed by atoms with Crippen LogP contribution in [0.4, 0.5) is 0 Å². The van der Waals surface area contributed by atoms with Gasteiger partial charge in [0.05, 0.1) is 5.92 Å². The van der Waals surface area contributed by atoms with Crippen molar-refractivity contribution in [2.45, 2.75) is 6.54 Å². The van der Waals surface area contributed by atoms with Crippen LogP contribution < -0.4 is 15.4 Å². The van der Waals surface area contributed by atoms with Crippen molar-refractivity contribution < 1.29 is 9.53 Å². The Morgan fingerprint density at radius 3 is 2.67 bits per heavy atom. The van der Waals surface area contributed by atoms with Crippen LogP contribution in [-0.4, -0.2) is 24.0 Å². The van der Waals surface area contributed by atoms with E-state index in [1.165, 1.54) is 0 Å². The molecule has 1 aromatic carbocycles.